The number of aliphatic hydroxyl groups excluding tert-OH is 1. The third-order valence-electron chi connectivity index (χ3n) is 3.12. The van der Waals surface area contributed by atoms with Crippen molar-refractivity contribution < 1.29 is 19.6 Å². The van der Waals surface area contributed by atoms with Crippen LogP contribution in [0.5, 0.6) is 5.75 Å². The first-order valence-corrected chi connectivity index (χ1v) is 6.02. The Balaban J connectivity index is 3.17. The number of ether oxygens (including phenoxy) is 1. The molecule has 0 aliphatic rings. The van der Waals surface area contributed by atoms with E-state index in [1.54, 1.807) is 20.8 Å². The van der Waals surface area contributed by atoms with Gasteiger partial charge in [0.15, 0.2) is 0 Å². The summed E-state index contributed by atoms with van der Waals surface area (Å²) in [5.74, 6) is -0.646. The maximum absolute atomic E-state index is 12.2. The minimum absolute atomic E-state index is 0.0513. The van der Waals surface area contributed by atoms with E-state index in [4.69, 9.17) is 4.74 Å². The Morgan fingerprint density at radius 3 is 2.55 bits per heavy atom. The minimum Gasteiger partial charge on any atom is -0.490 e. The quantitative estimate of drug-likeness (QED) is 0.629. The van der Waals surface area contributed by atoms with Gasteiger partial charge in [0.2, 0.25) is 5.75 Å². The molecule has 110 valence electrons. The molecule has 0 saturated carbocycles. The number of nitrogens with one attached hydrogen (secondary N) is 1. The van der Waals surface area contributed by atoms with Crippen molar-refractivity contribution in [1.82, 2.24) is 5.32 Å². The molecule has 0 bridgehead atoms. The van der Waals surface area contributed by atoms with Gasteiger partial charge in [-0.3, -0.25) is 14.9 Å². The Bertz CT molecular complexity index is 525. The van der Waals surface area contributed by atoms with Crippen molar-refractivity contribution in [1.29, 1.82) is 0 Å². The Morgan fingerprint density at radius 1 is 1.50 bits per heavy atom. The lowest BCUT2D eigenvalue weighted by Gasteiger charge is -2.29. The van der Waals surface area contributed by atoms with Crippen molar-refractivity contribution in [2.24, 2.45) is 0 Å². The van der Waals surface area contributed by atoms with E-state index in [-0.39, 0.29) is 17.0 Å². The van der Waals surface area contributed by atoms with Gasteiger partial charge in [0.1, 0.15) is 0 Å². The number of benzene rings is 1. The fourth-order valence-corrected chi connectivity index (χ4v) is 1.53. The van der Waals surface area contributed by atoms with Crippen molar-refractivity contribution in [3.63, 3.8) is 0 Å². The average Bonchev–Trinajstić information content (AvgIpc) is 2.36. The number of nitrogens with zero attached hydrogens (tertiary/aromatic N) is 1. The van der Waals surface area contributed by atoms with E-state index in [2.05, 4.69) is 5.32 Å². The molecule has 0 aliphatic heterocycles. The molecule has 0 heterocycles. The Morgan fingerprint density at radius 2 is 2.10 bits per heavy atom. The normalized spacial score (nSPS) is 12.7. The third kappa shape index (κ3) is 3.24. The monoisotopic (exact) mass is 282 g/mol. The van der Waals surface area contributed by atoms with Crippen LogP contribution in [0.2, 0.25) is 0 Å². The zero-order valence-electron chi connectivity index (χ0n) is 11.8. The van der Waals surface area contributed by atoms with Crippen LogP contribution < -0.4 is 10.1 Å². The van der Waals surface area contributed by atoms with Crippen molar-refractivity contribution in [2.75, 3.05) is 7.11 Å². The summed E-state index contributed by atoms with van der Waals surface area (Å²) in [6.45, 7) is 4.85. The maximum atomic E-state index is 12.2. The van der Waals surface area contributed by atoms with E-state index < -0.39 is 22.5 Å². The van der Waals surface area contributed by atoms with Crippen molar-refractivity contribution in [3.8, 4) is 5.75 Å². The van der Waals surface area contributed by atoms with Crippen molar-refractivity contribution in [2.45, 2.75) is 32.4 Å². The van der Waals surface area contributed by atoms with E-state index in [1.165, 1.54) is 25.3 Å². The summed E-state index contributed by atoms with van der Waals surface area (Å²) in [6.07, 6.45) is -0.781. The second-order valence-electron chi connectivity index (χ2n) is 4.97. The van der Waals surface area contributed by atoms with Crippen LogP contribution in [-0.2, 0) is 0 Å². The Hall–Kier alpha value is -2.15. The van der Waals surface area contributed by atoms with Gasteiger partial charge in [-0.25, -0.2) is 0 Å². The predicted molar refractivity (Wildman–Crippen MR) is 72.9 cm³/mol. The number of amides is 1. The number of para-hydroxylation sites is 1. The molecule has 0 fully saturated rings. The first-order valence-electron chi connectivity index (χ1n) is 6.02. The SMILES string of the molecule is COc1c(C(=O)NC(C)(C)C(C)O)cccc1[N+](=O)[O-]. The molecule has 7 nitrogen and oxygen atoms in total. The number of nitro groups is 1. The van der Waals surface area contributed by atoms with E-state index in [0.29, 0.717) is 0 Å². The lowest BCUT2D eigenvalue weighted by molar-refractivity contribution is -0.385. The fraction of sp³-hybridized carbons (Fsp3) is 0.462. The highest BCUT2D eigenvalue weighted by Crippen LogP contribution is 2.30. The van der Waals surface area contributed by atoms with Crippen LogP contribution >= 0.6 is 0 Å². The summed E-state index contributed by atoms with van der Waals surface area (Å²) in [5, 5.41) is 23.1. The van der Waals surface area contributed by atoms with E-state index >= 15 is 0 Å². The molecule has 20 heavy (non-hydrogen) atoms. The highest BCUT2D eigenvalue weighted by Gasteiger charge is 2.29. The third-order valence-corrected chi connectivity index (χ3v) is 3.12. The summed E-state index contributed by atoms with van der Waals surface area (Å²) >= 11 is 0. The number of carbonyl (C=O) groups excluding carboxylic acids is 1. The summed E-state index contributed by atoms with van der Waals surface area (Å²) < 4.78 is 4.97. The van der Waals surface area contributed by atoms with Crippen molar-refractivity contribution >= 4 is 11.6 Å². The van der Waals surface area contributed by atoms with Gasteiger partial charge >= 0.3 is 5.69 Å². The fourth-order valence-electron chi connectivity index (χ4n) is 1.53. The number of hydrogen-bond donors (Lipinski definition) is 2. The van der Waals surface area contributed by atoms with Gasteiger partial charge in [0.25, 0.3) is 5.91 Å². The first kappa shape index (κ1) is 15.9. The number of nitro benzene ring substituents is 1. The van der Waals surface area contributed by atoms with Gasteiger partial charge in [0, 0.05) is 6.07 Å². The molecule has 1 amide bonds. The second-order valence-corrected chi connectivity index (χ2v) is 4.97. The van der Waals surface area contributed by atoms with E-state index in [0.717, 1.165) is 0 Å². The van der Waals surface area contributed by atoms with Crippen LogP contribution in [-0.4, -0.2) is 34.7 Å². The van der Waals surface area contributed by atoms with Gasteiger partial charge in [-0.2, -0.15) is 0 Å². The lowest BCUT2D eigenvalue weighted by Crippen LogP contribution is -2.51. The van der Waals surface area contributed by atoms with Crippen molar-refractivity contribution in [3.05, 3.63) is 33.9 Å². The molecular formula is C13H18N2O5. The standard InChI is InChI=1S/C13H18N2O5/c1-8(16)13(2,3)14-12(17)9-6-5-7-10(15(18)19)11(9)20-4/h5-8,16H,1-4H3,(H,14,17). The molecule has 0 aromatic heterocycles. The molecule has 1 atom stereocenters. The topological polar surface area (TPSA) is 102 Å². The summed E-state index contributed by atoms with van der Waals surface area (Å²) in [5.41, 5.74) is -1.10. The molecule has 1 aromatic carbocycles. The highest BCUT2D eigenvalue weighted by molar-refractivity contribution is 5.98. The van der Waals surface area contributed by atoms with Gasteiger partial charge in [-0.1, -0.05) is 6.07 Å². The average molecular weight is 282 g/mol. The van der Waals surface area contributed by atoms with E-state index in [9.17, 15) is 20.0 Å². The molecule has 0 radical (unpaired) electrons. The number of carbonyl (C=O) groups is 1. The minimum atomic E-state index is -0.868. The predicted octanol–water partition coefficient (Wildman–Crippen LogP) is 1.49. The van der Waals surface area contributed by atoms with Crippen LogP contribution in [0.1, 0.15) is 31.1 Å². The Labute approximate surface area is 116 Å². The van der Waals surface area contributed by atoms with Gasteiger partial charge in [-0.15, -0.1) is 0 Å². The first-order chi connectivity index (χ1) is 9.20. The number of aliphatic hydroxyl groups is 1. The summed E-state index contributed by atoms with van der Waals surface area (Å²) in [6, 6.07) is 4.10. The van der Waals surface area contributed by atoms with Gasteiger partial charge in [-0.05, 0) is 26.8 Å². The molecule has 1 aromatic rings. The zero-order chi connectivity index (χ0) is 15.5. The number of methoxy groups -OCH3 is 1. The zero-order valence-corrected chi connectivity index (χ0v) is 11.8. The van der Waals surface area contributed by atoms with Crippen LogP contribution in [0.4, 0.5) is 5.69 Å². The van der Waals surface area contributed by atoms with Crippen LogP contribution in [0.15, 0.2) is 18.2 Å². The molecular weight excluding hydrogens is 264 g/mol. The van der Waals surface area contributed by atoms with Crippen LogP contribution in [0, 0.1) is 10.1 Å². The second kappa shape index (κ2) is 5.87. The number of hydrogen-bond acceptors (Lipinski definition) is 5. The molecule has 1 unspecified atom stereocenters. The molecule has 7 heteroatoms. The number of rotatable bonds is 5. The molecule has 1 rings (SSSR count). The highest BCUT2D eigenvalue weighted by atomic mass is 16.6. The molecule has 0 saturated heterocycles. The smallest absolute Gasteiger partial charge is 0.311 e. The van der Waals surface area contributed by atoms with E-state index in [1.807, 2.05) is 0 Å². The molecule has 0 spiro atoms. The maximum Gasteiger partial charge on any atom is 0.311 e. The van der Waals surface area contributed by atoms with Gasteiger partial charge in [0.05, 0.1) is 29.2 Å². The van der Waals surface area contributed by atoms with Crippen LogP contribution in [0.3, 0.4) is 0 Å². The lowest BCUT2D eigenvalue weighted by atomic mass is 9.98. The molecule has 2 N–H and O–H groups in total. The molecule has 0 aliphatic carbocycles. The summed E-state index contributed by atoms with van der Waals surface area (Å²) in [4.78, 5) is 22.5. The van der Waals surface area contributed by atoms with Gasteiger partial charge < -0.3 is 15.2 Å². The van der Waals surface area contributed by atoms with Crippen LogP contribution in [0.25, 0.3) is 0 Å². The largest absolute Gasteiger partial charge is 0.490 e. The Kier molecular flexibility index (Phi) is 4.67. The summed E-state index contributed by atoms with van der Waals surface area (Å²) in [7, 11) is 1.26.